The zero-order chi connectivity index (χ0) is 26.5. The Morgan fingerprint density at radius 3 is 2.32 bits per heavy atom. The smallest absolute Gasteiger partial charge is 0.258 e. The summed E-state index contributed by atoms with van der Waals surface area (Å²) in [4.78, 5) is 15.6. The second-order valence-corrected chi connectivity index (χ2v) is 11.1. The number of aryl methyl sites for hydroxylation is 1. The van der Waals surface area contributed by atoms with E-state index >= 15 is 0 Å². The monoisotopic (exact) mass is 497 g/mol. The number of nitrogens with zero attached hydrogens (tertiary/aromatic N) is 1. The third kappa shape index (κ3) is 4.58. The van der Waals surface area contributed by atoms with Crippen LogP contribution in [0.5, 0.6) is 0 Å². The predicted molar refractivity (Wildman–Crippen MR) is 147 cm³/mol. The number of hydrogen-bond donors (Lipinski definition) is 1. The summed E-state index contributed by atoms with van der Waals surface area (Å²) < 4.78 is 12.1. The molecule has 0 spiro atoms. The highest BCUT2D eigenvalue weighted by Crippen LogP contribution is 2.43. The number of benzene rings is 3. The molecule has 0 unspecified atom stereocenters. The first-order valence-corrected chi connectivity index (χ1v) is 12.8. The minimum absolute atomic E-state index is 0.0429. The van der Waals surface area contributed by atoms with E-state index in [1.165, 1.54) is 11.1 Å². The number of para-hydroxylation sites is 1. The molecule has 192 valence electrons. The maximum atomic E-state index is 13.7. The molecule has 37 heavy (non-hydrogen) atoms. The number of furan rings is 1. The average Bonchev–Trinajstić information content (AvgIpc) is 3.52. The summed E-state index contributed by atoms with van der Waals surface area (Å²) in [6.07, 6.45) is 1.14. The molecule has 0 fully saturated rings. The molecule has 5 heteroatoms. The van der Waals surface area contributed by atoms with Crippen molar-refractivity contribution in [1.82, 2.24) is 4.90 Å². The Balaban J connectivity index is 1.64. The van der Waals surface area contributed by atoms with Gasteiger partial charge in [0.2, 0.25) is 0 Å². The zero-order valence-corrected chi connectivity index (χ0v) is 22.5. The van der Waals surface area contributed by atoms with Crippen LogP contribution in [0.3, 0.4) is 0 Å². The van der Waals surface area contributed by atoms with Crippen molar-refractivity contribution in [1.29, 1.82) is 0 Å². The van der Waals surface area contributed by atoms with Gasteiger partial charge in [0.25, 0.3) is 5.91 Å². The van der Waals surface area contributed by atoms with Crippen LogP contribution < -0.4 is 0 Å². The SMILES string of the molecule is Cc1ccc(-c2c(C)c3c(c(C)c2[C@@H](CO)OC(C)(C)C)CN(C(=O)c2cccc4ccoc24)C3)cc1. The minimum atomic E-state index is -0.484. The summed E-state index contributed by atoms with van der Waals surface area (Å²) in [6, 6.07) is 16.0. The molecule has 1 aromatic heterocycles. The molecule has 0 radical (unpaired) electrons. The fourth-order valence-electron chi connectivity index (χ4n) is 5.61. The van der Waals surface area contributed by atoms with Gasteiger partial charge >= 0.3 is 0 Å². The van der Waals surface area contributed by atoms with Crippen molar-refractivity contribution in [2.75, 3.05) is 6.61 Å². The molecular formula is C32H35NO4. The van der Waals surface area contributed by atoms with Crippen LogP contribution >= 0.6 is 0 Å². The van der Waals surface area contributed by atoms with E-state index < -0.39 is 11.7 Å². The Morgan fingerprint density at radius 1 is 1.00 bits per heavy atom. The number of fused-ring (bicyclic) bond motifs is 2. The summed E-state index contributed by atoms with van der Waals surface area (Å²) in [5, 5.41) is 11.4. The van der Waals surface area contributed by atoms with E-state index in [2.05, 4.69) is 45.0 Å². The summed E-state index contributed by atoms with van der Waals surface area (Å²) in [5.41, 5.74) is 9.64. The first kappa shape index (κ1) is 25.2. The van der Waals surface area contributed by atoms with Gasteiger partial charge in [-0.05, 0) is 92.6 Å². The number of carbonyl (C=O) groups excluding carboxylic acids is 1. The fraction of sp³-hybridized carbons (Fsp3) is 0.344. The number of aliphatic hydroxyl groups excluding tert-OH is 1. The average molecular weight is 498 g/mol. The number of amides is 1. The van der Waals surface area contributed by atoms with Crippen LogP contribution in [0.4, 0.5) is 0 Å². The molecule has 1 atom stereocenters. The lowest BCUT2D eigenvalue weighted by molar-refractivity contribution is -0.0822. The molecule has 1 aliphatic rings. The van der Waals surface area contributed by atoms with Crippen LogP contribution in [0.1, 0.15) is 70.6 Å². The number of rotatable bonds is 5. The van der Waals surface area contributed by atoms with Crippen molar-refractivity contribution in [3.63, 3.8) is 0 Å². The van der Waals surface area contributed by atoms with E-state index in [4.69, 9.17) is 9.15 Å². The van der Waals surface area contributed by atoms with Crippen molar-refractivity contribution in [3.8, 4) is 11.1 Å². The number of ether oxygens (including phenoxy) is 1. The van der Waals surface area contributed by atoms with Gasteiger partial charge in [0.1, 0.15) is 11.7 Å². The van der Waals surface area contributed by atoms with Crippen LogP contribution in [0.15, 0.2) is 59.2 Å². The Kier molecular flexibility index (Phi) is 6.47. The van der Waals surface area contributed by atoms with Crippen molar-refractivity contribution in [2.45, 2.75) is 66.3 Å². The van der Waals surface area contributed by atoms with Crippen LogP contribution in [-0.4, -0.2) is 28.1 Å². The van der Waals surface area contributed by atoms with E-state index in [-0.39, 0.29) is 12.5 Å². The van der Waals surface area contributed by atoms with Crippen molar-refractivity contribution < 1.29 is 19.1 Å². The molecule has 0 bridgehead atoms. The molecule has 0 aliphatic carbocycles. The van der Waals surface area contributed by atoms with Crippen molar-refractivity contribution >= 4 is 16.9 Å². The van der Waals surface area contributed by atoms with Gasteiger partial charge < -0.3 is 19.2 Å². The zero-order valence-electron chi connectivity index (χ0n) is 22.5. The quantitative estimate of drug-likeness (QED) is 0.322. The van der Waals surface area contributed by atoms with Gasteiger partial charge in [0.15, 0.2) is 0 Å². The first-order valence-electron chi connectivity index (χ1n) is 12.8. The Hall–Kier alpha value is -3.41. The lowest BCUT2D eigenvalue weighted by Gasteiger charge is -2.31. The van der Waals surface area contributed by atoms with Gasteiger partial charge in [0, 0.05) is 18.5 Å². The maximum absolute atomic E-state index is 13.7. The number of aliphatic hydroxyl groups is 1. The summed E-state index contributed by atoms with van der Waals surface area (Å²) in [7, 11) is 0. The highest BCUT2D eigenvalue weighted by atomic mass is 16.5. The first-order chi connectivity index (χ1) is 17.6. The molecule has 1 aliphatic heterocycles. The minimum Gasteiger partial charge on any atom is -0.464 e. The van der Waals surface area contributed by atoms with Gasteiger partial charge in [-0.25, -0.2) is 0 Å². The van der Waals surface area contributed by atoms with Crippen LogP contribution in [-0.2, 0) is 17.8 Å². The largest absolute Gasteiger partial charge is 0.464 e. The lowest BCUT2D eigenvalue weighted by Crippen LogP contribution is -2.26. The van der Waals surface area contributed by atoms with E-state index in [1.54, 1.807) is 6.26 Å². The molecule has 5 rings (SSSR count). The Bertz CT molecular complexity index is 1470. The Morgan fingerprint density at radius 2 is 1.68 bits per heavy atom. The van der Waals surface area contributed by atoms with Crippen LogP contribution in [0, 0.1) is 20.8 Å². The molecule has 2 heterocycles. The molecule has 4 aromatic rings. The summed E-state index contributed by atoms with van der Waals surface area (Å²) >= 11 is 0. The topological polar surface area (TPSA) is 62.9 Å². The van der Waals surface area contributed by atoms with Gasteiger partial charge in [-0.3, -0.25) is 4.79 Å². The second kappa shape index (κ2) is 9.47. The molecule has 0 saturated heterocycles. The lowest BCUT2D eigenvalue weighted by atomic mass is 9.83. The Labute approximate surface area is 218 Å². The summed E-state index contributed by atoms with van der Waals surface area (Å²) in [5.74, 6) is -0.0429. The third-order valence-electron chi connectivity index (χ3n) is 7.34. The van der Waals surface area contributed by atoms with E-state index in [9.17, 15) is 9.90 Å². The van der Waals surface area contributed by atoms with Crippen LogP contribution in [0.2, 0.25) is 0 Å². The highest BCUT2D eigenvalue weighted by Gasteiger charge is 2.34. The molecular weight excluding hydrogens is 462 g/mol. The molecule has 1 amide bonds. The molecule has 0 saturated carbocycles. The van der Waals surface area contributed by atoms with Crippen LogP contribution in [0.25, 0.3) is 22.1 Å². The predicted octanol–water partition coefficient (Wildman–Crippen LogP) is 7.03. The standard InChI is InChI=1S/C32H35NO4/c1-19-10-12-22(13-11-19)28-20(2)25-16-33(31(35)24-9-7-8-23-14-15-36-30(23)24)17-26(25)21(3)29(28)27(18-34)37-32(4,5)6/h7-15,27,34H,16-18H2,1-6H3/t27-/m1/s1. The normalized spacial score (nSPS) is 14.3. The van der Waals surface area contributed by atoms with Gasteiger partial charge in [-0.2, -0.15) is 0 Å². The van der Waals surface area contributed by atoms with Gasteiger partial charge in [0.05, 0.1) is 24.0 Å². The van der Waals surface area contributed by atoms with Gasteiger partial charge in [-0.1, -0.05) is 42.0 Å². The summed E-state index contributed by atoms with van der Waals surface area (Å²) in [6.45, 7) is 13.2. The third-order valence-corrected chi connectivity index (χ3v) is 7.34. The number of hydrogen-bond acceptors (Lipinski definition) is 4. The molecule has 5 nitrogen and oxygen atoms in total. The highest BCUT2D eigenvalue weighted by molar-refractivity contribution is 6.05. The van der Waals surface area contributed by atoms with E-state index in [0.29, 0.717) is 24.2 Å². The van der Waals surface area contributed by atoms with Crippen molar-refractivity contribution in [2.24, 2.45) is 0 Å². The van der Waals surface area contributed by atoms with Gasteiger partial charge in [-0.15, -0.1) is 0 Å². The van der Waals surface area contributed by atoms with E-state index in [0.717, 1.165) is 38.8 Å². The molecule has 1 N–H and O–H groups in total. The van der Waals surface area contributed by atoms with Crippen molar-refractivity contribution in [3.05, 3.63) is 93.7 Å². The maximum Gasteiger partial charge on any atom is 0.258 e. The number of carbonyl (C=O) groups is 1. The second-order valence-electron chi connectivity index (χ2n) is 11.1. The van der Waals surface area contributed by atoms with E-state index in [1.807, 2.05) is 49.9 Å². The molecule has 3 aromatic carbocycles. The fourth-order valence-corrected chi connectivity index (χ4v) is 5.61.